The first-order valence-corrected chi connectivity index (χ1v) is 8.28. The lowest BCUT2D eigenvalue weighted by Crippen LogP contribution is -2.20. The topological polar surface area (TPSA) is 114 Å². The van der Waals surface area contributed by atoms with Gasteiger partial charge in [0.25, 0.3) is 5.69 Å². The number of rotatable bonds is 7. The average Bonchev–Trinajstić information content (AvgIpc) is 2.63. The van der Waals surface area contributed by atoms with Crippen molar-refractivity contribution in [3.63, 3.8) is 0 Å². The number of hydrazone groups is 1. The molecule has 2 aromatic rings. The monoisotopic (exact) mass is 368 g/mol. The largest absolute Gasteiger partial charge is 0.326 e. The van der Waals surface area contributed by atoms with Gasteiger partial charge in [0.2, 0.25) is 11.8 Å². The van der Waals surface area contributed by atoms with Gasteiger partial charge in [-0.1, -0.05) is 24.3 Å². The van der Waals surface area contributed by atoms with Crippen LogP contribution in [0.15, 0.2) is 47.6 Å². The number of nitrogens with one attached hydrogen (secondary N) is 2. The lowest BCUT2D eigenvalue weighted by molar-refractivity contribution is -0.384. The molecule has 0 fully saturated rings. The molecule has 140 valence electrons. The van der Waals surface area contributed by atoms with Crippen molar-refractivity contribution in [3.05, 3.63) is 69.3 Å². The Labute approximate surface area is 156 Å². The Bertz CT molecular complexity index is 893. The Morgan fingerprint density at radius 1 is 1.11 bits per heavy atom. The fourth-order valence-electron chi connectivity index (χ4n) is 2.26. The van der Waals surface area contributed by atoms with Gasteiger partial charge in [-0.15, -0.1) is 0 Å². The molecule has 0 spiro atoms. The molecule has 2 N–H and O–H groups in total. The van der Waals surface area contributed by atoms with Crippen LogP contribution in [0.5, 0.6) is 0 Å². The highest BCUT2D eigenvalue weighted by molar-refractivity contribution is 5.94. The highest BCUT2D eigenvalue weighted by Crippen LogP contribution is 2.16. The van der Waals surface area contributed by atoms with E-state index in [9.17, 15) is 19.7 Å². The zero-order valence-electron chi connectivity index (χ0n) is 15.1. The molecule has 0 aromatic heterocycles. The zero-order chi connectivity index (χ0) is 19.8. The first kappa shape index (κ1) is 19.8. The van der Waals surface area contributed by atoms with Crippen LogP contribution in [0.2, 0.25) is 0 Å². The Kier molecular flexibility index (Phi) is 6.76. The fourth-order valence-corrected chi connectivity index (χ4v) is 2.26. The van der Waals surface area contributed by atoms with E-state index in [1.165, 1.54) is 24.4 Å². The highest BCUT2D eigenvalue weighted by atomic mass is 16.6. The average molecular weight is 368 g/mol. The lowest BCUT2D eigenvalue weighted by Gasteiger charge is -2.09. The minimum absolute atomic E-state index is 0.0194. The molecular formula is C19H20N4O4. The Morgan fingerprint density at radius 2 is 1.85 bits per heavy atom. The van der Waals surface area contributed by atoms with Crippen molar-refractivity contribution in [2.75, 3.05) is 5.32 Å². The van der Waals surface area contributed by atoms with Gasteiger partial charge in [0, 0.05) is 36.2 Å². The van der Waals surface area contributed by atoms with Crippen molar-refractivity contribution in [2.24, 2.45) is 5.10 Å². The molecule has 0 aliphatic carbocycles. The number of nitro groups is 1. The van der Waals surface area contributed by atoms with Crippen LogP contribution in [0.1, 0.15) is 29.5 Å². The Morgan fingerprint density at radius 3 is 2.59 bits per heavy atom. The summed E-state index contributed by atoms with van der Waals surface area (Å²) in [7, 11) is 0. The second kappa shape index (κ2) is 9.23. The molecule has 8 heteroatoms. The molecule has 0 aliphatic heterocycles. The number of aryl methyl sites for hydroxylation is 2. The zero-order valence-corrected chi connectivity index (χ0v) is 15.1. The van der Waals surface area contributed by atoms with Gasteiger partial charge in [-0.05, 0) is 31.0 Å². The third kappa shape index (κ3) is 6.35. The van der Waals surface area contributed by atoms with Crippen LogP contribution in [-0.4, -0.2) is 23.0 Å². The molecule has 0 aliphatic rings. The second-order valence-electron chi connectivity index (χ2n) is 6.01. The summed E-state index contributed by atoms with van der Waals surface area (Å²) in [5, 5.41) is 17.2. The summed E-state index contributed by atoms with van der Waals surface area (Å²) in [4.78, 5) is 34.0. The summed E-state index contributed by atoms with van der Waals surface area (Å²) in [6, 6.07) is 11.6. The van der Waals surface area contributed by atoms with Crippen molar-refractivity contribution >= 4 is 29.4 Å². The first-order valence-electron chi connectivity index (χ1n) is 8.28. The molecule has 0 bridgehead atoms. The lowest BCUT2D eigenvalue weighted by atomic mass is 10.1. The van der Waals surface area contributed by atoms with E-state index in [0.29, 0.717) is 5.56 Å². The number of hydrogen-bond acceptors (Lipinski definition) is 5. The van der Waals surface area contributed by atoms with E-state index >= 15 is 0 Å². The van der Waals surface area contributed by atoms with Gasteiger partial charge < -0.3 is 5.32 Å². The normalized spacial score (nSPS) is 10.6. The maximum atomic E-state index is 12.0. The molecule has 0 saturated carbocycles. The molecule has 27 heavy (non-hydrogen) atoms. The molecule has 0 saturated heterocycles. The van der Waals surface area contributed by atoms with Crippen molar-refractivity contribution in [2.45, 2.75) is 26.7 Å². The molecule has 0 atom stereocenters. The van der Waals surface area contributed by atoms with Crippen LogP contribution in [0.3, 0.4) is 0 Å². The van der Waals surface area contributed by atoms with Gasteiger partial charge in [0.1, 0.15) is 0 Å². The summed E-state index contributed by atoms with van der Waals surface area (Å²) >= 11 is 0. The second-order valence-corrected chi connectivity index (χ2v) is 6.01. The highest BCUT2D eigenvalue weighted by Gasteiger charge is 2.08. The predicted octanol–water partition coefficient (Wildman–Crippen LogP) is 3.08. The van der Waals surface area contributed by atoms with Crippen LogP contribution in [0.25, 0.3) is 0 Å². The van der Waals surface area contributed by atoms with E-state index in [1.54, 1.807) is 6.07 Å². The van der Waals surface area contributed by atoms with E-state index in [-0.39, 0.29) is 24.4 Å². The molecule has 8 nitrogen and oxygen atoms in total. The van der Waals surface area contributed by atoms with E-state index < -0.39 is 10.8 Å². The molecule has 2 rings (SSSR count). The molecule has 2 amide bonds. The van der Waals surface area contributed by atoms with E-state index in [2.05, 4.69) is 15.8 Å². The van der Waals surface area contributed by atoms with Crippen molar-refractivity contribution in [1.82, 2.24) is 5.43 Å². The number of nitro benzene ring substituents is 1. The summed E-state index contributed by atoms with van der Waals surface area (Å²) in [6.07, 6.45) is 1.30. The molecule has 0 unspecified atom stereocenters. The molecule has 2 aromatic carbocycles. The van der Waals surface area contributed by atoms with E-state index in [1.807, 2.05) is 32.0 Å². The van der Waals surface area contributed by atoms with Crippen LogP contribution in [-0.2, 0) is 9.59 Å². The number of anilines is 1. The molecule has 0 heterocycles. The SMILES string of the molecule is Cc1ccc(C)c(NC(=O)CCC(=O)NN=Cc2cccc([N+](=O)[O-])c2)c1. The summed E-state index contributed by atoms with van der Waals surface area (Å²) in [5.41, 5.74) is 5.42. The van der Waals surface area contributed by atoms with Crippen LogP contribution in [0.4, 0.5) is 11.4 Å². The smallest absolute Gasteiger partial charge is 0.270 e. The summed E-state index contributed by atoms with van der Waals surface area (Å²) in [5.74, 6) is -0.686. The molecular weight excluding hydrogens is 348 g/mol. The maximum absolute atomic E-state index is 12.0. The van der Waals surface area contributed by atoms with Crippen molar-refractivity contribution < 1.29 is 14.5 Å². The quantitative estimate of drug-likeness (QED) is 0.444. The standard InChI is InChI=1S/C19H20N4O4/c1-13-6-7-14(2)17(10-13)21-18(24)8-9-19(25)22-20-12-15-4-3-5-16(11-15)23(26)27/h3-7,10-12H,8-9H2,1-2H3,(H,21,24)(H,22,25). The Balaban J connectivity index is 1.80. The number of hydrogen-bond donors (Lipinski definition) is 2. The predicted molar refractivity (Wildman–Crippen MR) is 103 cm³/mol. The fraction of sp³-hybridized carbons (Fsp3) is 0.211. The number of carbonyl (C=O) groups is 2. The molecule has 0 radical (unpaired) electrons. The third-order valence-electron chi connectivity index (χ3n) is 3.73. The number of benzene rings is 2. The van der Waals surface area contributed by atoms with Gasteiger partial charge in [0.05, 0.1) is 11.1 Å². The van der Waals surface area contributed by atoms with E-state index in [0.717, 1.165) is 16.8 Å². The van der Waals surface area contributed by atoms with Gasteiger partial charge in [-0.25, -0.2) is 5.43 Å². The minimum atomic E-state index is -0.509. The van der Waals surface area contributed by atoms with Gasteiger partial charge in [-0.2, -0.15) is 5.10 Å². The van der Waals surface area contributed by atoms with Crippen LogP contribution in [0, 0.1) is 24.0 Å². The summed E-state index contributed by atoms with van der Waals surface area (Å²) < 4.78 is 0. The first-order chi connectivity index (χ1) is 12.8. The van der Waals surface area contributed by atoms with Crippen molar-refractivity contribution in [1.29, 1.82) is 0 Å². The number of non-ortho nitro benzene ring substituents is 1. The maximum Gasteiger partial charge on any atom is 0.270 e. The van der Waals surface area contributed by atoms with Crippen molar-refractivity contribution in [3.8, 4) is 0 Å². The number of amides is 2. The third-order valence-corrected chi connectivity index (χ3v) is 3.73. The van der Waals surface area contributed by atoms with Gasteiger partial charge in [0.15, 0.2) is 0 Å². The number of nitrogens with zero attached hydrogens (tertiary/aromatic N) is 2. The van der Waals surface area contributed by atoms with Crippen LogP contribution < -0.4 is 10.7 Å². The van der Waals surface area contributed by atoms with Gasteiger partial charge in [-0.3, -0.25) is 19.7 Å². The number of carbonyl (C=O) groups excluding carboxylic acids is 2. The summed E-state index contributed by atoms with van der Waals surface area (Å²) in [6.45, 7) is 3.83. The van der Waals surface area contributed by atoms with Gasteiger partial charge >= 0.3 is 0 Å². The van der Waals surface area contributed by atoms with E-state index in [4.69, 9.17) is 0 Å². The van der Waals surface area contributed by atoms with Crippen LogP contribution >= 0.6 is 0 Å². The Hall–Kier alpha value is -3.55. The minimum Gasteiger partial charge on any atom is -0.326 e.